The molecule has 1 aromatic rings. The van der Waals surface area contributed by atoms with E-state index in [1.165, 1.54) is 12.8 Å². The molecule has 13 heavy (non-hydrogen) atoms. The molecule has 1 atom stereocenters. The van der Waals surface area contributed by atoms with Crippen molar-refractivity contribution in [1.29, 1.82) is 0 Å². The van der Waals surface area contributed by atoms with Crippen LogP contribution < -0.4 is 4.90 Å². The van der Waals surface area contributed by atoms with Gasteiger partial charge < -0.3 is 9.47 Å². The summed E-state index contributed by atoms with van der Waals surface area (Å²) in [6, 6.07) is 0. The van der Waals surface area contributed by atoms with Crippen LogP contribution in [0.3, 0.4) is 0 Å². The first kappa shape index (κ1) is 9.06. The highest BCUT2D eigenvalue weighted by Crippen LogP contribution is 2.21. The maximum Gasteiger partial charge on any atom is 0.205 e. The fourth-order valence-electron chi connectivity index (χ4n) is 1.77. The van der Waals surface area contributed by atoms with Gasteiger partial charge in [0.15, 0.2) is 0 Å². The Labute approximate surface area is 86.9 Å². The van der Waals surface area contributed by atoms with E-state index in [2.05, 4.69) is 30.4 Å². The van der Waals surface area contributed by atoms with E-state index in [1.807, 2.05) is 19.4 Å². The van der Waals surface area contributed by atoms with E-state index >= 15 is 0 Å². The molecular weight excluding hydrogens is 230 g/mol. The molecule has 0 amide bonds. The molecule has 0 bridgehead atoms. The molecule has 1 aliphatic rings. The van der Waals surface area contributed by atoms with Crippen molar-refractivity contribution in [2.45, 2.75) is 17.7 Å². The van der Waals surface area contributed by atoms with Crippen LogP contribution in [0, 0.1) is 0 Å². The van der Waals surface area contributed by atoms with E-state index in [0.717, 1.165) is 19.0 Å². The fraction of sp³-hybridized carbons (Fsp3) is 0.667. The smallest absolute Gasteiger partial charge is 0.205 e. The van der Waals surface area contributed by atoms with Crippen LogP contribution in [0.2, 0.25) is 0 Å². The van der Waals surface area contributed by atoms with E-state index < -0.39 is 0 Å². The maximum atomic E-state index is 4.34. The second-order valence-electron chi connectivity index (χ2n) is 3.52. The highest BCUT2D eigenvalue weighted by Gasteiger charge is 2.19. The second-order valence-corrected chi connectivity index (χ2v) is 4.82. The van der Waals surface area contributed by atoms with Crippen molar-refractivity contribution in [2.75, 3.05) is 18.0 Å². The molecule has 4 heteroatoms. The van der Waals surface area contributed by atoms with Gasteiger partial charge >= 0.3 is 0 Å². The first-order valence-electron chi connectivity index (χ1n) is 4.63. The Morgan fingerprint density at radius 2 is 2.46 bits per heavy atom. The Kier molecular flexibility index (Phi) is 2.58. The van der Waals surface area contributed by atoms with Crippen LogP contribution in [0.5, 0.6) is 0 Å². The predicted octanol–water partition coefficient (Wildman–Crippen LogP) is 1.78. The van der Waals surface area contributed by atoms with Gasteiger partial charge in [0.25, 0.3) is 0 Å². The quantitative estimate of drug-likeness (QED) is 0.702. The number of halogens is 1. The average Bonchev–Trinajstić information content (AvgIpc) is 2.51. The number of nitrogens with zero attached hydrogens (tertiary/aromatic N) is 3. The second kappa shape index (κ2) is 3.70. The summed E-state index contributed by atoms with van der Waals surface area (Å²) in [5.41, 5.74) is 0. The van der Waals surface area contributed by atoms with Gasteiger partial charge in [0.2, 0.25) is 5.95 Å². The Bertz CT molecular complexity index is 284. The predicted molar refractivity (Wildman–Crippen MR) is 57.4 cm³/mol. The Morgan fingerprint density at radius 3 is 3.08 bits per heavy atom. The molecule has 72 valence electrons. The summed E-state index contributed by atoms with van der Waals surface area (Å²) < 4.78 is 2.07. The zero-order valence-corrected chi connectivity index (χ0v) is 9.37. The highest BCUT2D eigenvalue weighted by molar-refractivity contribution is 9.09. The molecule has 0 aliphatic carbocycles. The molecule has 1 aliphatic heterocycles. The van der Waals surface area contributed by atoms with Crippen molar-refractivity contribution in [3.05, 3.63) is 12.4 Å². The Morgan fingerprint density at radius 1 is 1.62 bits per heavy atom. The molecule has 2 heterocycles. The minimum atomic E-state index is 0.623. The van der Waals surface area contributed by atoms with Crippen LogP contribution in [-0.4, -0.2) is 27.5 Å². The third-order valence-electron chi connectivity index (χ3n) is 2.44. The van der Waals surface area contributed by atoms with Crippen LogP contribution in [0.15, 0.2) is 12.4 Å². The number of hydrogen-bond donors (Lipinski definition) is 0. The van der Waals surface area contributed by atoms with Gasteiger partial charge in [0.1, 0.15) is 0 Å². The molecule has 3 nitrogen and oxygen atoms in total. The lowest BCUT2D eigenvalue weighted by molar-refractivity contribution is 0.579. The Balaban J connectivity index is 2.12. The van der Waals surface area contributed by atoms with Crippen LogP contribution >= 0.6 is 15.9 Å². The third kappa shape index (κ3) is 1.88. The van der Waals surface area contributed by atoms with Gasteiger partial charge in [-0.15, -0.1) is 0 Å². The summed E-state index contributed by atoms with van der Waals surface area (Å²) >= 11 is 3.66. The van der Waals surface area contributed by atoms with Crippen LogP contribution in [0.25, 0.3) is 0 Å². The molecule has 0 spiro atoms. The average molecular weight is 244 g/mol. The van der Waals surface area contributed by atoms with E-state index in [-0.39, 0.29) is 0 Å². The van der Waals surface area contributed by atoms with Gasteiger partial charge in [-0.1, -0.05) is 15.9 Å². The van der Waals surface area contributed by atoms with Crippen molar-refractivity contribution in [3.8, 4) is 0 Å². The molecule has 0 aromatic carbocycles. The van der Waals surface area contributed by atoms with Crippen molar-refractivity contribution in [1.82, 2.24) is 9.55 Å². The number of rotatable bonds is 1. The number of alkyl halides is 1. The van der Waals surface area contributed by atoms with Crippen LogP contribution in [0.1, 0.15) is 12.8 Å². The lowest BCUT2D eigenvalue weighted by Crippen LogP contribution is -2.37. The standard InChI is InChI=1S/C9H14BrN3/c1-12-6-4-11-9(12)13-5-2-3-8(10)7-13/h4,6,8H,2-3,5,7H2,1H3. The SMILES string of the molecule is Cn1ccnc1N1CCCC(Br)C1. The van der Waals surface area contributed by atoms with Gasteiger partial charge in [-0.25, -0.2) is 4.98 Å². The topological polar surface area (TPSA) is 21.1 Å². The zero-order chi connectivity index (χ0) is 9.26. The summed E-state index contributed by atoms with van der Waals surface area (Å²) in [7, 11) is 2.04. The highest BCUT2D eigenvalue weighted by atomic mass is 79.9. The first-order chi connectivity index (χ1) is 6.27. The number of imidazole rings is 1. The van der Waals surface area contributed by atoms with E-state index in [4.69, 9.17) is 0 Å². The van der Waals surface area contributed by atoms with Crippen LogP contribution in [0.4, 0.5) is 5.95 Å². The lowest BCUT2D eigenvalue weighted by Gasteiger charge is -2.30. The van der Waals surface area contributed by atoms with Crippen molar-refractivity contribution in [2.24, 2.45) is 7.05 Å². The normalized spacial score (nSPS) is 23.5. The van der Waals surface area contributed by atoms with Crippen molar-refractivity contribution >= 4 is 21.9 Å². The molecule has 0 radical (unpaired) electrons. The number of hydrogen-bond acceptors (Lipinski definition) is 2. The minimum absolute atomic E-state index is 0.623. The largest absolute Gasteiger partial charge is 0.341 e. The molecule has 1 aromatic heterocycles. The summed E-state index contributed by atoms with van der Waals surface area (Å²) in [6.07, 6.45) is 6.38. The van der Waals surface area contributed by atoms with Gasteiger partial charge in [0, 0.05) is 37.4 Å². The maximum absolute atomic E-state index is 4.34. The van der Waals surface area contributed by atoms with E-state index in [0.29, 0.717) is 4.83 Å². The summed E-state index contributed by atoms with van der Waals surface area (Å²) in [5.74, 6) is 1.09. The number of aromatic nitrogens is 2. The number of aryl methyl sites for hydroxylation is 1. The number of piperidine rings is 1. The number of anilines is 1. The van der Waals surface area contributed by atoms with Gasteiger partial charge in [-0.05, 0) is 12.8 Å². The Hall–Kier alpha value is -0.510. The molecule has 0 saturated carbocycles. The summed E-state index contributed by atoms with van der Waals surface area (Å²) in [4.78, 5) is 7.30. The van der Waals surface area contributed by atoms with Gasteiger partial charge in [0.05, 0.1) is 0 Å². The molecule has 0 N–H and O–H groups in total. The van der Waals surface area contributed by atoms with Gasteiger partial charge in [-0.2, -0.15) is 0 Å². The third-order valence-corrected chi connectivity index (χ3v) is 3.19. The van der Waals surface area contributed by atoms with Crippen LogP contribution in [-0.2, 0) is 7.05 Å². The fourth-order valence-corrected chi connectivity index (χ4v) is 2.44. The summed E-state index contributed by atoms with van der Waals surface area (Å²) in [5, 5.41) is 0. The first-order valence-corrected chi connectivity index (χ1v) is 5.55. The minimum Gasteiger partial charge on any atom is -0.341 e. The molecule has 1 unspecified atom stereocenters. The van der Waals surface area contributed by atoms with E-state index in [9.17, 15) is 0 Å². The van der Waals surface area contributed by atoms with Crippen molar-refractivity contribution in [3.63, 3.8) is 0 Å². The molecule has 1 fully saturated rings. The van der Waals surface area contributed by atoms with Gasteiger partial charge in [-0.3, -0.25) is 0 Å². The molecule has 2 rings (SSSR count). The molecule has 1 saturated heterocycles. The van der Waals surface area contributed by atoms with E-state index in [1.54, 1.807) is 0 Å². The molecular formula is C9H14BrN3. The zero-order valence-electron chi connectivity index (χ0n) is 7.78. The van der Waals surface area contributed by atoms with Crippen molar-refractivity contribution < 1.29 is 0 Å². The summed E-state index contributed by atoms with van der Waals surface area (Å²) in [6.45, 7) is 2.21. The monoisotopic (exact) mass is 243 g/mol. The lowest BCUT2D eigenvalue weighted by atomic mass is 10.1.